The van der Waals surface area contributed by atoms with Gasteiger partial charge in [0, 0.05) is 19.2 Å². The molecule has 1 amide bonds. The fraction of sp³-hybridized carbons (Fsp3) is 0.529. The van der Waals surface area contributed by atoms with Gasteiger partial charge in [0.1, 0.15) is 11.5 Å². The van der Waals surface area contributed by atoms with Crippen molar-refractivity contribution in [3.8, 4) is 11.5 Å². The second-order valence-corrected chi connectivity index (χ2v) is 5.62. The van der Waals surface area contributed by atoms with Crippen LogP contribution in [0.1, 0.15) is 36.5 Å². The van der Waals surface area contributed by atoms with Crippen molar-refractivity contribution < 1.29 is 24.2 Å². The van der Waals surface area contributed by atoms with Gasteiger partial charge >= 0.3 is 5.97 Å². The maximum atomic E-state index is 12.7. The van der Waals surface area contributed by atoms with Gasteiger partial charge in [0.05, 0.1) is 25.2 Å². The highest BCUT2D eigenvalue weighted by molar-refractivity contribution is 5.97. The third kappa shape index (κ3) is 4.15. The van der Waals surface area contributed by atoms with Crippen molar-refractivity contribution in [3.63, 3.8) is 0 Å². The summed E-state index contributed by atoms with van der Waals surface area (Å²) < 4.78 is 10.9. The van der Waals surface area contributed by atoms with Crippen LogP contribution in [0.15, 0.2) is 18.2 Å². The smallest absolute Gasteiger partial charge is 0.306 e. The van der Waals surface area contributed by atoms with Crippen LogP contribution in [0.2, 0.25) is 0 Å². The molecule has 0 unspecified atom stereocenters. The Morgan fingerprint density at radius 2 is 2.00 bits per heavy atom. The Hall–Kier alpha value is -2.24. The molecular formula is C17H23NO5. The van der Waals surface area contributed by atoms with Gasteiger partial charge in [-0.25, -0.2) is 0 Å². The van der Waals surface area contributed by atoms with E-state index in [1.807, 2.05) is 6.92 Å². The lowest BCUT2D eigenvalue weighted by Crippen LogP contribution is -2.40. The van der Waals surface area contributed by atoms with E-state index in [1.54, 1.807) is 30.2 Å². The molecule has 126 valence electrons. The Labute approximate surface area is 136 Å². The maximum Gasteiger partial charge on any atom is 0.306 e. The molecule has 0 atom stereocenters. The van der Waals surface area contributed by atoms with Crippen LogP contribution >= 0.6 is 0 Å². The number of carbonyl (C=O) groups is 2. The first-order valence-corrected chi connectivity index (χ1v) is 7.89. The van der Waals surface area contributed by atoms with Crippen LogP contribution in [0.25, 0.3) is 0 Å². The number of hydrogen-bond acceptors (Lipinski definition) is 4. The number of carbonyl (C=O) groups excluding carboxylic acids is 1. The summed E-state index contributed by atoms with van der Waals surface area (Å²) in [6.45, 7) is 3.43. The number of methoxy groups -OCH3 is 1. The molecule has 6 heteroatoms. The van der Waals surface area contributed by atoms with Gasteiger partial charge < -0.3 is 19.5 Å². The monoisotopic (exact) mass is 321 g/mol. The normalized spacial score (nSPS) is 15.3. The van der Waals surface area contributed by atoms with Crippen molar-refractivity contribution in [2.75, 3.05) is 26.8 Å². The first kappa shape index (κ1) is 17.1. The molecule has 1 N–H and O–H groups in total. The number of rotatable bonds is 6. The number of likely N-dealkylation sites (tertiary alicyclic amines) is 1. The zero-order chi connectivity index (χ0) is 16.8. The van der Waals surface area contributed by atoms with Crippen LogP contribution < -0.4 is 9.47 Å². The average Bonchev–Trinajstić information content (AvgIpc) is 2.59. The van der Waals surface area contributed by atoms with Gasteiger partial charge in [0.2, 0.25) is 0 Å². The Balaban J connectivity index is 2.13. The summed E-state index contributed by atoms with van der Waals surface area (Å²) in [5, 5.41) is 9.04. The van der Waals surface area contributed by atoms with Gasteiger partial charge in [-0.2, -0.15) is 0 Å². The maximum absolute atomic E-state index is 12.7. The van der Waals surface area contributed by atoms with E-state index >= 15 is 0 Å². The molecule has 1 fully saturated rings. The fourth-order valence-electron chi connectivity index (χ4n) is 2.64. The highest BCUT2D eigenvalue weighted by atomic mass is 16.5. The molecule has 1 aliphatic rings. The topological polar surface area (TPSA) is 76.1 Å². The summed E-state index contributed by atoms with van der Waals surface area (Å²) in [6.07, 6.45) is 1.82. The number of amides is 1. The molecule has 23 heavy (non-hydrogen) atoms. The molecule has 0 spiro atoms. The first-order valence-electron chi connectivity index (χ1n) is 7.89. The predicted octanol–water partition coefficient (Wildman–Crippen LogP) is 2.42. The van der Waals surface area contributed by atoms with Crippen LogP contribution in [0.3, 0.4) is 0 Å². The van der Waals surface area contributed by atoms with Gasteiger partial charge in [0.15, 0.2) is 0 Å². The molecule has 1 heterocycles. The molecule has 0 saturated carbocycles. The number of hydrogen-bond donors (Lipinski definition) is 1. The summed E-state index contributed by atoms with van der Waals surface area (Å²) >= 11 is 0. The molecule has 0 aromatic heterocycles. The average molecular weight is 321 g/mol. The van der Waals surface area contributed by atoms with Crippen molar-refractivity contribution in [1.29, 1.82) is 0 Å². The second-order valence-electron chi connectivity index (χ2n) is 5.62. The highest BCUT2D eigenvalue weighted by Crippen LogP contribution is 2.28. The van der Waals surface area contributed by atoms with E-state index in [4.69, 9.17) is 14.6 Å². The van der Waals surface area contributed by atoms with E-state index in [1.165, 1.54) is 0 Å². The van der Waals surface area contributed by atoms with Crippen molar-refractivity contribution in [1.82, 2.24) is 4.90 Å². The number of aliphatic carboxylic acids is 1. The SMILES string of the molecule is CCCOc1cc(OC)ccc1C(=O)N1CCC(C(=O)O)CC1. The second kappa shape index (κ2) is 7.85. The first-order chi connectivity index (χ1) is 11.1. The van der Waals surface area contributed by atoms with E-state index in [-0.39, 0.29) is 11.8 Å². The van der Waals surface area contributed by atoms with E-state index < -0.39 is 5.97 Å². The van der Waals surface area contributed by atoms with Crippen LogP contribution in [0, 0.1) is 5.92 Å². The van der Waals surface area contributed by atoms with Crippen LogP contribution in [-0.4, -0.2) is 48.7 Å². The van der Waals surface area contributed by atoms with E-state index in [0.29, 0.717) is 49.6 Å². The van der Waals surface area contributed by atoms with E-state index in [0.717, 1.165) is 6.42 Å². The Morgan fingerprint density at radius 1 is 1.30 bits per heavy atom. The molecule has 0 bridgehead atoms. The minimum absolute atomic E-state index is 0.123. The number of carboxylic acid groups (broad SMARTS) is 1. The molecule has 0 radical (unpaired) electrons. The quantitative estimate of drug-likeness (QED) is 0.871. The molecular weight excluding hydrogens is 298 g/mol. The lowest BCUT2D eigenvalue weighted by molar-refractivity contribution is -0.143. The zero-order valence-electron chi connectivity index (χ0n) is 13.6. The van der Waals surface area contributed by atoms with E-state index in [9.17, 15) is 9.59 Å². The van der Waals surface area contributed by atoms with Crippen molar-refractivity contribution in [3.05, 3.63) is 23.8 Å². The van der Waals surface area contributed by atoms with Crippen molar-refractivity contribution >= 4 is 11.9 Å². The summed E-state index contributed by atoms with van der Waals surface area (Å²) in [5.74, 6) is -0.115. The molecule has 1 saturated heterocycles. The molecule has 1 aliphatic heterocycles. The van der Waals surface area contributed by atoms with Crippen LogP contribution in [0.5, 0.6) is 11.5 Å². The van der Waals surface area contributed by atoms with Crippen molar-refractivity contribution in [2.45, 2.75) is 26.2 Å². The Bertz CT molecular complexity index is 564. The number of carboxylic acids is 1. The molecule has 0 aliphatic carbocycles. The number of benzene rings is 1. The minimum Gasteiger partial charge on any atom is -0.497 e. The van der Waals surface area contributed by atoms with Crippen LogP contribution in [-0.2, 0) is 4.79 Å². The van der Waals surface area contributed by atoms with Gasteiger partial charge in [-0.15, -0.1) is 0 Å². The molecule has 1 aromatic rings. The van der Waals surface area contributed by atoms with Gasteiger partial charge in [-0.05, 0) is 31.4 Å². The van der Waals surface area contributed by atoms with Crippen LogP contribution in [0.4, 0.5) is 0 Å². The number of nitrogens with zero attached hydrogens (tertiary/aromatic N) is 1. The lowest BCUT2D eigenvalue weighted by Gasteiger charge is -2.30. The largest absolute Gasteiger partial charge is 0.497 e. The summed E-state index contributed by atoms with van der Waals surface area (Å²) in [6, 6.07) is 5.15. The fourth-order valence-corrected chi connectivity index (χ4v) is 2.64. The lowest BCUT2D eigenvalue weighted by atomic mass is 9.96. The zero-order valence-corrected chi connectivity index (χ0v) is 13.6. The summed E-state index contributed by atoms with van der Waals surface area (Å²) in [7, 11) is 1.57. The van der Waals surface area contributed by atoms with Crippen molar-refractivity contribution in [2.24, 2.45) is 5.92 Å². The summed E-state index contributed by atoms with van der Waals surface area (Å²) in [4.78, 5) is 25.4. The third-order valence-electron chi connectivity index (χ3n) is 4.01. The number of ether oxygens (including phenoxy) is 2. The number of piperidine rings is 1. The molecule has 2 rings (SSSR count). The van der Waals surface area contributed by atoms with Gasteiger partial charge in [-0.3, -0.25) is 9.59 Å². The minimum atomic E-state index is -0.784. The standard InChI is InChI=1S/C17H23NO5/c1-3-10-23-15-11-13(22-2)4-5-14(15)16(19)18-8-6-12(7-9-18)17(20)21/h4-5,11-12H,3,6-10H2,1-2H3,(H,20,21). The highest BCUT2D eigenvalue weighted by Gasteiger charge is 2.28. The Kier molecular flexibility index (Phi) is 5.84. The molecule has 1 aromatic carbocycles. The van der Waals surface area contributed by atoms with Gasteiger partial charge in [0.25, 0.3) is 5.91 Å². The summed E-state index contributed by atoms with van der Waals surface area (Å²) in [5.41, 5.74) is 0.494. The Morgan fingerprint density at radius 3 is 2.57 bits per heavy atom. The molecule has 6 nitrogen and oxygen atoms in total. The van der Waals surface area contributed by atoms with E-state index in [2.05, 4.69) is 0 Å². The third-order valence-corrected chi connectivity index (χ3v) is 4.01. The predicted molar refractivity (Wildman–Crippen MR) is 85.0 cm³/mol. The van der Waals surface area contributed by atoms with Gasteiger partial charge in [-0.1, -0.05) is 6.92 Å².